The Hall–Kier alpha value is -2.12. The quantitative estimate of drug-likeness (QED) is 0.615. The van der Waals surface area contributed by atoms with Crippen LogP contribution in [0.2, 0.25) is 0 Å². The third-order valence-corrected chi connectivity index (χ3v) is 6.57. The Balaban J connectivity index is 2.01. The van der Waals surface area contributed by atoms with E-state index in [4.69, 9.17) is 0 Å². The molecule has 0 aliphatic heterocycles. The Morgan fingerprint density at radius 1 is 1.00 bits per heavy atom. The lowest BCUT2D eigenvalue weighted by molar-refractivity contribution is 0.587. The highest BCUT2D eigenvalue weighted by molar-refractivity contribution is 7.91. The van der Waals surface area contributed by atoms with Crippen LogP contribution in [0.15, 0.2) is 52.3 Å². The molecular formula is C18H18N2O3S2. The predicted molar refractivity (Wildman–Crippen MR) is 101 cm³/mol. The standard InChI is InChI=1S/C18H18N2O3S2/c1-2-3-6-12-25(22,23)16-11-7-9-14(19-16)18-20-17(21)13-8-4-5-10-15(13)24-18/h4-5,7-11H,2-3,6,12H2,1H3. The van der Waals surface area contributed by atoms with Crippen molar-refractivity contribution < 1.29 is 8.42 Å². The molecule has 0 spiro atoms. The van der Waals surface area contributed by atoms with Gasteiger partial charge in [0.1, 0.15) is 10.7 Å². The largest absolute Gasteiger partial charge is 0.279 e. The zero-order valence-corrected chi connectivity index (χ0v) is 15.4. The van der Waals surface area contributed by atoms with Crippen LogP contribution in [-0.2, 0) is 9.84 Å². The number of sulfone groups is 1. The molecule has 0 saturated heterocycles. The maximum atomic E-state index is 12.4. The summed E-state index contributed by atoms with van der Waals surface area (Å²) >= 11 is 1.33. The van der Waals surface area contributed by atoms with Gasteiger partial charge >= 0.3 is 0 Å². The van der Waals surface area contributed by atoms with Gasteiger partial charge in [0.15, 0.2) is 14.9 Å². The molecule has 0 N–H and O–H groups in total. The maximum absolute atomic E-state index is 12.4. The van der Waals surface area contributed by atoms with E-state index in [9.17, 15) is 13.2 Å². The van der Waals surface area contributed by atoms with E-state index in [-0.39, 0.29) is 16.3 Å². The van der Waals surface area contributed by atoms with Crippen LogP contribution in [0.5, 0.6) is 0 Å². The smallest absolute Gasteiger partial charge is 0.267 e. The van der Waals surface area contributed by atoms with Crippen molar-refractivity contribution in [1.82, 2.24) is 9.97 Å². The van der Waals surface area contributed by atoms with E-state index in [1.54, 1.807) is 24.3 Å². The number of fused-ring (bicyclic) bond motifs is 1. The fourth-order valence-corrected chi connectivity index (χ4v) is 4.76. The molecule has 0 amide bonds. The van der Waals surface area contributed by atoms with Gasteiger partial charge in [-0.1, -0.05) is 38.0 Å². The average molecular weight is 374 g/mol. The number of rotatable bonds is 6. The van der Waals surface area contributed by atoms with Crippen molar-refractivity contribution in [3.05, 3.63) is 52.8 Å². The zero-order chi connectivity index (χ0) is 17.9. The van der Waals surface area contributed by atoms with Crippen molar-refractivity contribution >= 4 is 31.3 Å². The molecule has 5 nitrogen and oxygen atoms in total. The number of aromatic nitrogens is 2. The van der Waals surface area contributed by atoms with E-state index in [1.165, 1.54) is 17.4 Å². The first kappa shape index (κ1) is 17.7. The molecule has 0 unspecified atom stereocenters. The van der Waals surface area contributed by atoms with Crippen LogP contribution < -0.4 is 5.56 Å². The molecule has 7 heteroatoms. The summed E-state index contributed by atoms with van der Waals surface area (Å²) in [5.74, 6) is 0.0820. The van der Waals surface area contributed by atoms with Crippen LogP contribution in [0.1, 0.15) is 26.2 Å². The van der Waals surface area contributed by atoms with Crippen molar-refractivity contribution in [1.29, 1.82) is 0 Å². The minimum atomic E-state index is -3.43. The van der Waals surface area contributed by atoms with Crippen molar-refractivity contribution in [2.45, 2.75) is 31.2 Å². The summed E-state index contributed by atoms with van der Waals surface area (Å²) < 4.78 is 25.7. The van der Waals surface area contributed by atoms with Gasteiger partial charge in [0, 0.05) is 4.70 Å². The summed E-state index contributed by atoms with van der Waals surface area (Å²) in [6, 6.07) is 12.0. The summed E-state index contributed by atoms with van der Waals surface area (Å²) in [5.41, 5.74) is 0.0757. The lowest BCUT2D eigenvalue weighted by atomic mass is 10.3. The molecule has 0 fully saturated rings. The van der Waals surface area contributed by atoms with Crippen molar-refractivity contribution in [2.75, 3.05) is 5.75 Å². The highest BCUT2D eigenvalue weighted by Crippen LogP contribution is 2.25. The number of hydrogen-bond acceptors (Lipinski definition) is 6. The minimum Gasteiger partial charge on any atom is -0.267 e. The molecule has 25 heavy (non-hydrogen) atoms. The Kier molecular flexibility index (Phi) is 5.24. The highest BCUT2D eigenvalue weighted by atomic mass is 32.2. The first-order valence-corrected chi connectivity index (χ1v) is 10.6. The molecule has 3 aromatic rings. The monoisotopic (exact) mass is 374 g/mol. The summed E-state index contributed by atoms with van der Waals surface area (Å²) in [5, 5.41) is 1.02. The Morgan fingerprint density at radius 3 is 2.60 bits per heavy atom. The SMILES string of the molecule is CCCCCS(=O)(=O)c1cccc(-c2nc(=O)c3ccccc3s2)n1. The topological polar surface area (TPSA) is 77.0 Å². The number of unbranched alkanes of at least 4 members (excludes halogenated alkanes) is 2. The highest BCUT2D eigenvalue weighted by Gasteiger charge is 2.17. The number of hydrogen-bond donors (Lipinski definition) is 0. The van der Waals surface area contributed by atoms with Gasteiger partial charge in [-0.3, -0.25) is 4.79 Å². The number of benzene rings is 1. The van der Waals surface area contributed by atoms with E-state index in [0.717, 1.165) is 17.5 Å². The fourth-order valence-electron chi connectivity index (χ4n) is 2.48. The van der Waals surface area contributed by atoms with Crippen LogP contribution in [0.25, 0.3) is 20.8 Å². The molecule has 3 rings (SSSR count). The second-order valence-electron chi connectivity index (χ2n) is 5.71. The normalized spacial score (nSPS) is 11.7. The van der Waals surface area contributed by atoms with Crippen molar-refractivity contribution in [3.8, 4) is 10.7 Å². The molecule has 0 saturated carbocycles. The van der Waals surface area contributed by atoms with E-state index in [1.807, 2.05) is 19.1 Å². The number of pyridine rings is 1. The van der Waals surface area contributed by atoms with E-state index < -0.39 is 9.84 Å². The molecule has 2 heterocycles. The Bertz CT molecular complexity index is 1060. The van der Waals surface area contributed by atoms with Gasteiger partial charge in [-0.15, -0.1) is 11.3 Å². The maximum Gasteiger partial charge on any atom is 0.279 e. The lowest BCUT2D eigenvalue weighted by Crippen LogP contribution is -2.10. The van der Waals surface area contributed by atoms with Gasteiger partial charge in [0.05, 0.1) is 11.1 Å². The predicted octanol–water partition coefficient (Wildman–Crippen LogP) is 3.68. The second-order valence-corrected chi connectivity index (χ2v) is 8.79. The number of nitrogens with zero attached hydrogens (tertiary/aromatic N) is 2. The molecule has 0 radical (unpaired) electrons. The third-order valence-electron chi connectivity index (χ3n) is 3.81. The Morgan fingerprint density at radius 2 is 1.80 bits per heavy atom. The molecule has 1 aromatic carbocycles. The average Bonchev–Trinajstić information content (AvgIpc) is 2.62. The van der Waals surface area contributed by atoms with Crippen LogP contribution in [0.3, 0.4) is 0 Å². The van der Waals surface area contributed by atoms with Crippen LogP contribution in [-0.4, -0.2) is 24.1 Å². The zero-order valence-electron chi connectivity index (χ0n) is 13.8. The van der Waals surface area contributed by atoms with Crippen molar-refractivity contribution in [3.63, 3.8) is 0 Å². The van der Waals surface area contributed by atoms with Crippen molar-refractivity contribution in [2.24, 2.45) is 0 Å². The molecule has 0 bridgehead atoms. The first-order chi connectivity index (χ1) is 12.0. The molecule has 0 aliphatic rings. The summed E-state index contributed by atoms with van der Waals surface area (Å²) in [6.45, 7) is 2.03. The lowest BCUT2D eigenvalue weighted by Gasteiger charge is -2.06. The van der Waals surface area contributed by atoms with E-state index in [2.05, 4.69) is 9.97 Å². The molecule has 0 aliphatic carbocycles. The molecule has 0 atom stereocenters. The molecule has 130 valence electrons. The van der Waals surface area contributed by atoms with Gasteiger partial charge in [-0.05, 0) is 30.7 Å². The molecular weight excluding hydrogens is 356 g/mol. The minimum absolute atomic E-state index is 0.0377. The van der Waals surface area contributed by atoms with Gasteiger partial charge in [0.2, 0.25) is 0 Å². The molecule has 2 aromatic heterocycles. The van der Waals surface area contributed by atoms with E-state index in [0.29, 0.717) is 22.5 Å². The summed E-state index contributed by atoms with van der Waals surface area (Å²) in [4.78, 5) is 20.5. The van der Waals surface area contributed by atoms with Gasteiger partial charge in [-0.2, -0.15) is 4.98 Å². The van der Waals surface area contributed by atoms with Crippen LogP contribution >= 0.6 is 11.3 Å². The third kappa shape index (κ3) is 3.93. The Labute approximate surface area is 150 Å². The summed E-state index contributed by atoms with van der Waals surface area (Å²) in [7, 11) is -3.43. The fraction of sp³-hybridized carbons (Fsp3) is 0.278. The summed E-state index contributed by atoms with van der Waals surface area (Å²) in [6.07, 6.45) is 2.44. The van der Waals surface area contributed by atoms with Gasteiger partial charge in [0.25, 0.3) is 5.56 Å². The van der Waals surface area contributed by atoms with Crippen LogP contribution in [0, 0.1) is 0 Å². The van der Waals surface area contributed by atoms with Gasteiger partial charge in [-0.25, -0.2) is 13.4 Å². The first-order valence-electron chi connectivity index (χ1n) is 8.11. The van der Waals surface area contributed by atoms with Crippen LogP contribution in [0.4, 0.5) is 0 Å². The van der Waals surface area contributed by atoms with Gasteiger partial charge < -0.3 is 0 Å². The van der Waals surface area contributed by atoms with E-state index >= 15 is 0 Å². The second kappa shape index (κ2) is 7.41.